The molecule has 16 heteroatoms. The van der Waals surface area contributed by atoms with Crippen LogP contribution >= 0.6 is 34.9 Å². The number of hydrogen-bond donors (Lipinski definition) is 2. The molecule has 0 aromatic carbocycles. The van der Waals surface area contributed by atoms with Crippen molar-refractivity contribution >= 4 is 69.5 Å². The summed E-state index contributed by atoms with van der Waals surface area (Å²) in [5.41, 5.74) is 3.87. The standard InChI is InChI=1S/C25H35N5O8S3/c1-24(2,3)20(33)37-12-38-21(34)25(14-8-6-7-9-36-14)11-30-18(32)16(19(30)41-22(25)39-5)28-17(31)15(29-35-4)13-10-40-23(26)27-13/h10,14,16,19,22H,6-9,11-12H2,1-5H3,(H2,26,27)(H,28,31)/t14?,16?,19-,22?,25?/m1/s1. The number of ether oxygens (including phenoxy) is 3. The molecule has 4 heterocycles. The third-order valence-electron chi connectivity index (χ3n) is 7.05. The first-order chi connectivity index (χ1) is 19.4. The van der Waals surface area contributed by atoms with Crippen molar-refractivity contribution in [3.05, 3.63) is 11.1 Å². The van der Waals surface area contributed by atoms with E-state index in [1.807, 2.05) is 6.26 Å². The highest BCUT2D eigenvalue weighted by molar-refractivity contribution is 8.17. The number of hydrogen-bond acceptors (Lipinski definition) is 14. The van der Waals surface area contributed by atoms with Gasteiger partial charge in [0.15, 0.2) is 10.8 Å². The highest BCUT2D eigenvalue weighted by atomic mass is 32.2. The van der Waals surface area contributed by atoms with Crippen LogP contribution < -0.4 is 11.1 Å². The molecule has 3 N–H and O–H groups in total. The minimum absolute atomic E-state index is 0.0414. The Kier molecular flexibility index (Phi) is 9.76. The molecule has 3 aliphatic heterocycles. The van der Waals surface area contributed by atoms with Crippen molar-refractivity contribution < 1.29 is 38.2 Å². The van der Waals surface area contributed by atoms with Crippen molar-refractivity contribution in [1.29, 1.82) is 0 Å². The zero-order valence-electron chi connectivity index (χ0n) is 23.5. The van der Waals surface area contributed by atoms with Crippen LogP contribution in [0.15, 0.2) is 10.5 Å². The van der Waals surface area contributed by atoms with Gasteiger partial charge in [-0.1, -0.05) is 5.16 Å². The number of anilines is 1. The number of esters is 2. The predicted molar refractivity (Wildman–Crippen MR) is 155 cm³/mol. The average Bonchev–Trinajstić information content (AvgIpc) is 3.38. The van der Waals surface area contributed by atoms with Crippen LogP contribution in [0.25, 0.3) is 0 Å². The highest BCUT2D eigenvalue weighted by Crippen LogP contribution is 2.54. The van der Waals surface area contributed by atoms with Crippen LogP contribution in [0.4, 0.5) is 5.13 Å². The summed E-state index contributed by atoms with van der Waals surface area (Å²) in [6, 6.07) is -0.853. The highest BCUT2D eigenvalue weighted by Gasteiger charge is 2.65. The molecule has 0 bridgehead atoms. The minimum Gasteiger partial charge on any atom is -0.427 e. The predicted octanol–water partition coefficient (Wildman–Crippen LogP) is 1.81. The number of nitrogen functional groups attached to an aromatic ring is 1. The van der Waals surface area contributed by atoms with Gasteiger partial charge in [-0.15, -0.1) is 34.9 Å². The topological polar surface area (TPSA) is 172 Å². The Morgan fingerprint density at radius 3 is 2.66 bits per heavy atom. The zero-order valence-corrected chi connectivity index (χ0v) is 26.0. The molecule has 3 saturated heterocycles. The molecule has 1 aromatic heterocycles. The average molecular weight is 630 g/mol. The molecule has 1 aromatic rings. The Morgan fingerprint density at radius 1 is 1.32 bits per heavy atom. The van der Waals surface area contributed by atoms with E-state index in [1.54, 1.807) is 31.1 Å². The van der Waals surface area contributed by atoms with Crippen LogP contribution in [0.2, 0.25) is 0 Å². The van der Waals surface area contributed by atoms with E-state index in [2.05, 4.69) is 15.5 Å². The lowest BCUT2D eigenvalue weighted by Crippen LogP contribution is -2.76. The second kappa shape index (κ2) is 12.8. The lowest BCUT2D eigenvalue weighted by molar-refractivity contribution is -0.191. The fourth-order valence-corrected chi connectivity index (χ4v) is 8.49. The summed E-state index contributed by atoms with van der Waals surface area (Å²) in [6.07, 6.45) is 3.74. The second-order valence-electron chi connectivity index (χ2n) is 10.8. The molecule has 226 valence electrons. The normalized spacial score (nSPS) is 28.3. The minimum atomic E-state index is -1.21. The summed E-state index contributed by atoms with van der Waals surface area (Å²) in [7, 11) is 1.30. The van der Waals surface area contributed by atoms with Gasteiger partial charge in [0.25, 0.3) is 5.91 Å². The molecule has 0 aliphatic carbocycles. The first-order valence-electron chi connectivity index (χ1n) is 13.0. The van der Waals surface area contributed by atoms with E-state index in [9.17, 15) is 19.2 Å². The Bertz CT molecular complexity index is 1200. The van der Waals surface area contributed by atoms with Gasteiger partial charge < -0.3 is 35.0 Å². The van der Waals surface area contributed by atoms with Crippen molar-refractivity contribution in [2.75, 3.05) is 39.0 Å². The second-order valence-corrected chi connectivity index (χ2v) is 14.2. The number of oxime groups is 1. The number of nitrogens with one attached hydrogen (secondary N) is 1. The van der Waals surface area contributed by atoms with Crippen molar-refractivity contribution in [2.45, 2.75) is 62.1 Å². The molecule has 41 heavy (non-hydrogen) atoms. The van der Waals surface area contributed by atoms with Crippen LogP contribution in [0.3, 0.4) is 0 Å². The van der Waals surface area contributed by atoms with Gasteiger partial charge in [0.1, 0.15) is 29.6 Å². The molecule has 0 saturated carbocycles. The molecule has 3 fully saturated rings. The van der Waals surface area contributed by atoms with Gasteiger partial charge in [-0.3, -0.25) is 19.2 Å². The van der Waals surface area contributed by atoms with E-state index < -0.39 is 53.0 Å². The van der Waals surface area contributed by atoms with E-state index >= 15 is 0 Å². The fourth-order valence-electron chi connectivity index (χ4n) is 4.93. The fraction of sp³-hybridized carbons (Fsp3) is 0.680. The van der Waals surface area contributed by atoms with Crippen molar-refractivity contribution in [2.24, 2.45) is 16.0 Å². The Morgan fingerprint density at radius 2 is 2.07 bits per heavy atom. The summed E-state index contributed by atoms with van der Waals surface area (Å²) in [5, 5.41) is 7.93. The Hall–Kier alpha value is -2.56. The molecule has 0 spiro atoms. The number of nitrogens with two attached hydrogens (primary N) is 1. The van der Waals surface area contributed by atoms with Crippen molar-refractivity contribution in [3.8, 4) is 0 Å². The van der Waals surface area contributed by atoms with Gasteiger partial charge in [0.05, 0.1) is 16.1 Å². The third-order valence-corrected chi connectivity index (χ3v) is 11.0. The SMILES string of the molecule is CON=C(C(=O)NC1C(=O)N2CC(C(=O)OCOC(=O)C(C)(C)C)(C3CCCCO3)C(SC)S[C@H]12)c1csc(N)n1. The number of rotatable bonds is 9. The quantitative estimate of drug-likeness (QED) is 0.134. The van der Waals surface area contributed by atoms with Crippen LogP contribution in [0, 0.1) is 10.8 Å². The largest absolute Gasteiger partial charge is 0.427 e. The summed E-state index contributed by atoms with van der Waals surface area (Å²) < 4.78 is 16.5. The summed E-state index contributed by atoms with van der Waals surface area (Å²) in [4.78, 5) is 63.0. The zero-order chi connectivity index (χ0) is 29.9. The summed E-state index contributed by atoms with van der Waals surface area (Å²) in [5.74, 6) is -2.07. The van der Waals surface area contributed by atoms with Crippen LogP contribution in [0.1, 0.15) is 45.7 Å². The first-order valence-corrected chi connectivity index (χ1v) is 16.1. The monoisotopic (exact) mass is 629 g/mol. The molecule has 4 unspecified atom stereocenters. The number of fused-ring (bicyclic) bond motifs is 1. The molecule has 5 atom stereocenters. The van der Waals surface area contributed by atoms with Crippen LogP contribution in [0.5, 0.6) is 0 Å². The van der Waals surface area contributed by atoms with Crippen LogP contribution in [-0.4, -0.2) is 94.8 Å². The van der Waals surface area contributed by atoms with E-state index in [1.165, 1.54) is 30.6 Å². The van der Waals surface area contributed by atoms with E-state index in [4.69, 9.17) is 24.8 Å². The third kappa shape index (κ3) is 6.29. The molecule has 4 rings (SSSR count). The maximum Gasteiger partial charge on any atom is 0.321 e. The molecule has 3 aliphatic rings. The number of β-lactam (4-membered cyclic amide) rings is 1. The number of thiazole rings is 1. The number of thioether (sulfide) groups is 2. The maximum absolute atomic E-state index is 13.8. The number of aromatic nitrogens is 1. The van der Waals surface area contributed by atoms with E-state index in [0.717, 1.165) is 24.2 Å². The first kappa shape index (κ1) is 31.4. The number of amides is 2. The van der Waals surface area contributed by atoms with E-state index in [-0.39, 0.29) is 33.6 Å². The molecular formula is C25H35N5O8S3. The maximum atomic E-state index is 13.8. The number of carbonyl (C=O) groups is 4. The van der Waals surface area contributed by atoms with Crippen molar-refractivity contribution in [1.82, 2.24) is 15.2 Å². The molecular weight excluding hydrogens is 595 g/mol. The number of carbonyl (C=O) groups excluding carboxylic acids is 4. The van der Waals surface area contributed by atoms with Gasteiger partial charge in [0.2, 0.25) is 12.7 Å². The van der Waals surface area contributed by atoms with E-state index in [0.29, 0.717) is 13.0 Å². The molecule has 2 amide bonds. The van der Waals surface area contributed by atoms with Gasteiger partial charge in [-0.05, 0) is 46.3 Å². The lowest BCUT2D eigenvalue weighted by atomic mass is 9.78. The number of nitrogens with zero attached hydrogens (tertiary/aromatic N) is 3. The summed E-state index contributed by atoms with van der Waals surface area (Å²) >= 11 is 3.99. The van der Waals surface area contributed by atoms with Gasteiger partial charge >= 0.3 is 11.9 Å². The van der Waals surface area contributed by atoms with Crippen LogP contribution in [-0.2, 0) is 38.2 Å². The van der Waals surface area contributed by atoms with Crippen molar-refractivity contribution in [3.63, 3.8) is 0 Å². The smallest absolute Gasteiger partial charge is 0.321 e. The Labute approximate surface area is 250 Å². The van der Waals surface area contributed by atoms with Gasteiger partial charge in [-0.2, -0.15) is 0 Å². The summed E-state index contributed by atoms with van der Waals surface area (Å²) in [6.45, 7) is 5.11. The van der Waals surface area contributed by atoms with Gasteiger partial charge in [0, 0.05) is 18.5 Å². The van der Waals surface area contributed by atoms with Gasteiger partial charge in [-0.25, -0.2) is 4.98 Å². The molecule has 0 radical (unpaired) electrons. The Balaban J connectivity index is 1.52. The lowest BCUT2D eigenvalue weighted by Gasteiger charge is -2.58. The molecule has 13 nitrogen and oxygen atoms in total.